The molecule has 1 aromatic heterocycles. The average Bonchev–Trinajstić information content (AvgIpc) is 3.06. The zero-order valence-corrected chi connectivity index (χ0v) is 13.9. The number of aryl methyl sites for hydroxylation is 1. The number of nitrogens with one attached hydrogen (secondary N) is 1. The van der Waals surface area contributed by atoms with Crippen molar-refractivity contribution in [1.29, 1.82) is 0 Å². The second-order valence-electron chi connectivity index (χ2n) is 5.41. The van der Waals surface area contributed by atoms with Crippen LogP contribution >= 0.6 is 11.8 Å². The van der Waals surface area contributed by atoms with Gasteiger partial charge in [0.2, 0.25) is 11.8 Å². The summed E-state index contributed by atoms with van der Waals surface area (Å²) in [6.45, 7) is 3.86. The van der Waals surface area contributed by atoms with Gasteiger partial charge in [-0.25, -0.2) is 4.68 Å². The summed E-state index contributed by atoms with van der Waals surface area (Å²) in [5.74, 6) is 0.850. The average molecular weight is 330 g/mol. The van der Waals surface area contributed by atoms with Gasteiger partial charge in [0.25, 0.3) is 0 Å². The molecular weight excluding hydrogens is 312 g/mol. The summed E-state index contributed by atoms with van der Waals surface area (Å²) in [6, 6.07) is 9.76. The van der Waals surface area contributed by atoms with Crippen LogP contribution in [-0.2, 0) is 9.59 Å². The third kappa shape index (κ3) is 3.24. The molecule has 120 valence electrons. The monoisotopic (exact) mass is 330 g/mol. The molecular formula is C16H18N4O2S. The molecule has 0 unspecified atom stereocenters. The molecule has 23 heavy (non-hydrogen) atoms. The first kappa shape index (κ1) is 15.6. The summed E-state index contributed by atoms with van der Waals surface area (Å²) in [6.07, 6.45) is 0. The molecule has 0 spiro atoms. The number of carbonyl (C=O) groups excluding carboxylic acids is 2. The molecule has 1 aliphatic heterocycles. The molecule has 2 aromatic rings. The van der Waals surface area contributed by atoms with Gasteiger partial charge in [0.05, 0.1) is 34.4 Å². The van der Waals surface area contributed by atoms with Crippen LogP contribution in [0.25, 0.3) is 5.69 Å². The minimum absolute atomic E-state index is 0.0126. The first-order valence-electron chi connectivity index (χ1n) is 7.33. The highest BCUT2D eigenvalue weighted by Gasteiger charge is 2.24. The Kier molecular flexibility index (Phi) is 4.38. The van der Waals surface area contributed by atoms with Crippen LogP contribution in [-0.4, -0.2) is 44.7 Å². The highest BCUT2D eigenvalue weighted by Crippen LogP contribution is 2.23. The van der Waals surface area contributed by atoms with E-state index in [0.29, 0.717) is 17.3 Å². The van der Waals surface area contributed by atoms with Gasteiger partial charge in [-0.3, -0.25) is 9.59 Å². The molecule has 0 saturated carbocycles. The molecule has 0 radical (unpaired) electrons. The van der Waals surface area contributed by atoms with E-state index in [1.54, 1.807) is 4.90 Å². The third-order valence-electron chi connectivity index (χ3n) is 3.72. The Hall–Kier alpha value is -2.28. The van der Waals surface area contributed by atoms with Gasteiger partial charge in [-0.05, 0) is 26.0 Å². The Morgan fingerprint density at radius 1 is 1.30 bits per heavy atom. The van der Waals surface area contributed by atoms with Crippen LogP contribution in [0.5, 0.6) is 0 Å². The lowest BCUT2D eigenvalue weighted by Gasteiger charge is -2.14. The predicted molar refractivity (Wildman–Crippen MR) is 90.7 cm³/mol. The maximum absolute atomic E-state index is 12.2. The van der Waals surface area contributed by atoms with Crippen LogP contribution in [0, 0.1) is 13.8 Å². The largest absolute Gasteiger partial charge is 0.323 e. The van der Waals surface area contributed by atoms with E-state index in [1.807, 2.05) is 48.9 Å². The van der Waals surface area contributed by atoms with Gasteiger partial charge in [0.15, 0.2) is 0 Å². The van der Waals surface area contributed by atoms with Crippen molar-refractivity contribution in [2.24, 2.45) is 0 Å². The molecule has 7 heteroatoms. The molecule has 0 atom stereocenters. The van der Waals surface area contributed by atoms with Gasteiger partial charge in [-0.15, -0.1) is 11.8 Å². The Labute approximate surface area is 138 Å². The highest BCUT2D eigenvalue weighted by molar-refractivity contribution is 8.00. The van der Waals surface area contributed by atoms with Crippen molar-refractivity contribution in [3.05, 3.63) is 41.7 Å². The number of hydrogen-bond donors (Lipinski definition) is 1. The molecule has 2 heterocycles. The van der Waals surface area contributed by atoms with E-state index in [2.05, 4.69) is 10.4 Å². The lowest BCUT2D eigenvalue weighted by molar-refractivity contribution is -0.130. The highest BCUT2D eigenvalue weighted by atomic mass is 32.2. The minimum atomic E-state index is -0.195. The van der Waals surface area contributed by atoms with E-state index in [9.17, 15) is 9.59 Å². The Morgan fingerprint density at radius 3 is 2.70 bits per heavy atom. The summed E-state index contributed by atoms with van der Waals surface area (Å²) < 4.78 is 1.81. The number of amides is 2. The standard InChI is InChI=1S/C16H18N4O2S/c1-11-16(17-14(21)8-19-10-23-9-15(19)22)12(2)20(18-11)13-6-4-3-5-7-13/h3-7H,8-10H2,1-2H3,(H,17,21). The second kappa shape index (κ2) is 6.45. The second-order valence-corrected chi connectivity index (χ2v) is 6.37. The maximum Gasteiger partial charge on any atom is 0.244 e. The van der Waals surface area contributed by atoms with Crippen LogP contribution in [0.2, 0.25) is 0 Å². The number of nitrogens with zero attached hydrogens (tertiary/aromatic N) is 3. The fourth-order valence-electron chi connectivity index (χ4n) is 2.54. The zero-order chi connectivity index (χ0) is 16.4. The van der Waals surface area contributed by atoms with Crippen LogP contribution in [0.4, 0.5) is 5.69 Å². The summed E-state index contributed by atoms with van der Waals surface area (Å²) >= 11 is 1.53. The van der Waals surface area contributed by atoms with Gasteiger partial charge in [-0.2, -0.15) is 5.10 Å². The molecule has 1 aliphatic rings. The molecule has 1 fully saturated rings. The number of para-hydroxylation sites is 1. The van der Waals surface area contributed by atoms with E-state index in [4.69, 9.17) is 0 Å². The zero-order valence-electron chi connectivity index (χ0n) is 13.1. The summed E-state index contributed by atoms with van der Waals surface area (Å²) in [5.41, 5.74) is 3.27. The fraction of sp³-hybridized carbons (Fsp3) is 0.312. The van der Waals surface area contributed by atoms with Gasteiger partial charge in [0, 0.05) is 0 Å². The molecule has 0 aliphatic carbocycles. The van der Waals surface area contributed by atoms with Crippen molar-refractivity contribution in [3.8, 4) is 5.69 Å². The lowest BCUT2D eigenvalue weighted by atomic mass is 10.3. The van der Waals surface area contributed by atoms with E-state index in [1.165, 1.54) is 11.8 Å². The van der Waals surface area contributed by atoms with Crippen molar-refractivity contribution in [3.63, 3.8) is 0 Å². The van der Waals surface area contributed by atoms with Crippen molar-refractivity contribution in [2.75, 3.05) is 23.5 Å². The van der Waals surface area contributed by atoms with Gasteiger partial charge >= 0.3 is 0 Å². The smallest absolute Gasteiger partial charge is 0.244 e. The number of anilines is 1. The van der Waals surface area contributed by atoms with Gasteiger partial charge in [0.1, 0.15) is 6.54 Å². The molecule has 1 saturated heterocycles. The summed E-state index contributed by atoms with van der Waals surface area (Å²) in [7, 11) is 0. The van der Waals surface area contributed by atoms with Crippen molar-refractivity contribution in [2.45, 2.75) is 13.8 Å². The normalized spacial score (nSPS) is 14.3. The van der Waals surface area contributed by atoms with Crippen molar-refractivity contribution < 1.29 is 9.59 Å². The van der Waals surface area contributed by atoms with E-state index in [-0.39, 0.29) is 18.4 Å². The topological polar surface area (TPSA) is 67.2 Å². The minimum Gasteiger partial charge on any atom is -0.323 e. The Bertz CT molecular complexity index is 742. The SMILES string of the molecule is Cc1nn(-c2ccccc2)c(C)c1NC(=O)CN1CSCC1=O. The number of rotatable bonds is 4. The molecule has 0 bridgehead atoms. The number of hydrogen-bond acceptors (Lipinski definition) is 4. The Balaban J connectivity index is 1.77. The van der Waals surface area contributed by atoms with E-state index >= 15 is 0 Å². The molecule has 2 amide bonds. The van der Waals surface area contributed by atoms with Crippen LogP contribution in [0.3, 0.4) is 0 Å². The lowest BCUT2D eigenvalue weighted by Crippen LogP contribution is -2.34. The number of carbonyl (C=O) groups is 2. The number of aromatic nitrogens is 2. The quantitative estimate of drug-likeness (QED) is 0.930. The maximum atomic E-state index is 12.2. The fourth-order valence-corrected chi connectivity index (χ4v) is 3.44. The molecule has 6 nitrogen and oxygen atoms in total. The van der Waals surface area contributed by atoms with E-state index in [0.717, 1.165) is 17.1 Å². The van der Waals surface area contributed by atoms with Crippen LogP contribution in [0.15, 0.2) is 30.3 Å². The predicted octanol–water partition coefficient (Wildman–Crippen LogP) is 1.96. The van der Waals surface area contributed by atoms with Crippen molar-refractivity contribution >= 4 is 29.3 Å². The molecule has 3 rings (SSSR count). The van der Waals surface area contributed by atoms with Crippen molar-refractivity contribution in [1.82, 2.24) is 14.7 Å². The summed E-state index contributed by atoms with van der Waals surface area (Å²) in [5, 5.41) is 7.39. The first-order valence-corrected chi connectivity index (χ1v) is 8.48. The first-order chi connectivity index (χ1) is 11.1. The number of benzene rings is 1. The van der Waals surface area contributed by atoms with Crippen LogP contribution in [0.1, 0.15) is 11.4 Å². The number of thioether (sulfide) groups is 1. The van der Waals surface area contributed by atoms with E-state index < -0.39 is 0 Å². The van der Waals surface area contributed by atoms with Gasteiger partial charge in [-0.1, -0.05) is 18.2 Å². The van der Waals surface area contributed by atoms with Crippen LogP contribution < -0.4 is 5.32 Å². The molecule has 1 N–H and O–H groups in total. The molecule has 1 aromatic carbocycles. The third-order valence-corrected chi connectivity index (χ3v) is 4.66. The van der Waals surface area contributed by atoms with Gasteiger partial charge < -0.3 is 10.2 Å². The Morgan fingerprint density at radius 2 is 2.04 bits per heavy atom. The summed E-state index contributed by atoms with van der Waals surface area (Å²) in [4.78, 5) is 25.4.